The molecule has 4 heterocycles. The third-order valence-electron chi connectivity index (χ3n) is 6.30. The van der Waals surface area contributed by atoms with Crippen molar-refractivity contribution < 1.29 is 9.32 Å². The standard InChI is InChI=1S/C21H30N6O2/c1-3-18-24-21(25-29-18)17-12-22-14-23-20(17)16-7-10-27(13-16)19(28)11-15-5-8-26(4-2)9-6-15/h12,14-16H,3-11,13H2,1-2H3. The third kappa shape index (κ3) is 4.47. The van der Waals surface area contributed by atoms with Gasteiger partial charge in [0.25, 0.3) is 0 Å². The van der Waals surface area contributed by atoms with Crippen LogP contribution < -0.4 is 0 Å². The summed E-state index contributed by atoms with van der Waals surface area (Å²) in [6, 6.07) is 0. The zero-order valence-corrected chi connectivity index (χ0v) is 17.4. The Morgan fingerprint density at radius 3 is 2.76 bits per heavy atom. The molecule has 8 heteroatoms. The monoisotopic (exact) mass is 398 g/mol. The minimum absolute atomic E-state index is 0.183. The van der Waals surface area contributed by atoms with E-state index in [2.05, 4.69) is 31.9 Å². The van der Waals surface area contributed by atoms with E-state index in [1.165, 1.54) is 0 Å². The fraction of sp³-hybridized carbons (Fsp3) is 0.667. The molecule has 8 nitrogen and oxygen atoms in total. The molecule has 0 aliphatic carbocycles. The maximum Gasteiger partial charge on any atom is 0.226 e. The average molecular weight is 399 g/mol. The van der Waals surface area contributed by atoms with E-state index in [0.717, 1.165) is 56.7 Å². The number of aromatic nitrogens is 4. The van der Waals surface area contributed by atoms with Crippen molar-refractivity contribution in [2.75, 3.05) is 32.7 Å². The maximum atomic E-state index is 12.9. The van der Waals surface area contributed by atoms with Crippen LogP contribution >= 0.6 is 0 Å². The van der Waals surface area contributed by atoms with Gasteiger partial charge in [0.2, 0.25) is 17.6 Å². The summed E-state index contributed by atoms with van der Waals surface area (Å²) < 4.78 is 5.26. The molecule has 0 saturated carbocycles. The molecule has 2 aromatic rings. The van der Waals surface area contributed by atoms with Gasteiger partial charge in [-0.2, -0.15) is 4.98 Å². The lowest BCUT2D eigenvalue weighted by atomic mass is 9.93. The van der Waals surface area contributed by atoms with Crippen molar-refractivity contribution >= 4 is 5.91 Å². The number of aryl methyl sites for hydroxylation is 1. The van der Waals surface area contributed by atoms with Crippen LogP contribution in [0.15, 0.2) is 17.0 Å². The van der Waals surface area contributed by atoms with Gasteiger partial charge in [0.1, 0.15) is 6.33 Å². The molecule has 1 amide bonds. The highest BCUT2D eigenvalue weighted by Gasteiger charge is 2.32. The number of carbonyl (C=O) groups excluding carboxylic acids is 1. The lowest BCUT2D eigenvalue weighted by molar-refractivity contribution is -0.131. The van der Waals surface area contributed by atoms with Crippen molar-refractivity contribution in [1.29, 1.82) is 0 Å². The van der Waals surface area contributed by atoms with Crippen LogP contribution in [-0.4, -0.2) is 68.5 Å². The van der Waals surface area contributed by atoms with Crippen LogP contribution in [0.5, 0.6) is 0 Å². The van der Waals surface area contributed by atoms with Crippen molar-refractivity contribution in [1.82, 2.24) is 29.9 Å². The Morgan fingerprint density at radius 2 is 2.03 bits per heavy atom. The Morgan fingerprint density at radius 1 is 1.21 bits per heavy atom. The second kappa shape index (κ2) is 8.98. The van der Waals surface area contributed by atoms with Crippen LogP contribution in [0, 0.1) is 5.92 Å². The minimum Gasteiger partial charge on any atom is -0.342 e. The summed E-state index contributed by atoms with van der Waals surface area (Å²) in [7, 11) is 0. The molecule has 1 unspecified atom stereocenters. The van der Waals surface area contributed by atoms with E-state index in [9.17, 15) is 4.79 Å². The summed E-state index contributed by atoms with van der Waals surface area (Å²) in [6.45, 7) is 9.01. The van der Waals surface area contributed by atoms with E-state index in [1.54, 1.807) is 12.5 Å². The molecule has 2 aromatic heterocycles. The number of rotatable bonds is 6. The summed E-state index contributed by atoms with van der Waals surface area (Å²) in [5.41, 5.74) is 1.72. The number of hydrogen-bond acceptors (Lipinski definition) is 7. The van der Waals surface area contributed by atoms with Crippen LogP contribution in [0.4, 0.5) is 0 Å². The molecule has 0 N–H and O–H groups in total. The molecule has 0 aromatic carbocycles. The fourth-order valence-electron chi connectivity index (χ4n) is 4.44. The highest BCUT2D eigenvalue weighted by molar-refractivity contribution is 5.77. The second-order valence-corrected chi connectivity index (χ2v) is 8.09. The molecule has 2 aliphatic heterocycles. The topological polar surface area (TPSA) is 88.3 Å². The lowest BCUT2D eigenvalue weighted by Gasteiger charge is -2.31. The first kappa shape index (κ1) is 19.9. The molecular weight excluding hydrogens is 368 g/mol. The number of hydrogen-bond donors (Lipinski definition) is 0. The van der Waals surface area contributed by atoms with Gasteiger partial charge in [-0.25, -0.2) is 9.97 Å². The zero-order chi connectivity index (χ0) is 20.2. The normalized spacial score (nSPS) is 21.0. The lowest BCUT2D eigenvalue weighted by Crippen LogP contribution is -2.36. The van der Waals surface area contributed by atoms with Crippen molar-refractivity contribution in [3.05, 3.63) is 24.1 Å². The Kier molecular flexibility index (Phi) is 6.18. The molecule has 1 atom stereocenters. The molecule has 4 rings (SSSR count). The molecule has 2 fully saturated rings. The first-order chi connectivity index (χ1) is 14.2. The fourth-order valence-corrected chi connectivity index (χ4v) is 4.44. The first-order valence-electron chi connectivity index (χ1n) is 10.8. The van der Waals surface area contributed by atoms with E-state index in [4.69, 9.17) is 4.52 Å². The van der Waals surface area contributed by atoms with Crippen molar-refractivity contribution in [2.24, 2.45) is 5.92 Å². The van der Waals surface area contributed by atoms with Crippen LogP contribution in [0.1, 0.15) is 57.0 Å². The summed E-state index contributed by atoms with van der Waals surface area (Å²) in [5, 5.41) is 4.08. The van der Waals surface area contributed by atoms with Gasteiger partial charge in [-0.15, -0.1) is 0 Å². The Bertz CT molecular complexity index is 830. The number of nitrogens with zero attached hydrogens (tertiary/aromatic N) is 6. The number of carbonyl (C=O) groups is 1. The highest BCUT2D eigenvalue weighted by Crippen LogP contribution is 2.32. The van der Waals surface area contributed by atoms with Gasteiger partial charge >= 0.3 is 0 Å². The van der Waals surface area contributed by atoms with Crippen molar-refractivity contribution in [3.8, 4) is 11.4 Å². The summed E-state index contributed by atoms with van der Waals surface area (Å²) in [6.07, 6.45) is 7.84. The van der Waals surface area contributed by atoms with E-state index < -0.39 is 0 Å². The summed E-state index contributed by atoms with van der Waals surface area (Å²) >= 11 is 0. The van der Waals surface area contributed by atoms with E-state index in [0.29, 0.717) is 37.0 Å². The van der Waals surface area contributed by atoms with E-state index in [1.807, 2.05) is 11.8 Å². The quantitative estimate of drug-likeness (QED) is 0.739. The highest BCUT2D eigenvalue weighted by atomic mass is 16.5. The minimum atomic E-state index is 0.183. The van der Waals surface area contributed by atoms with E-state index in [-0.39, 0.29) is 11.8 Å². The van der Waals surface area contributed by atoms with Gasteiger partial charge in [-0.05, 0) is 44.8 Å². The SMILES string of the molecule is CCc1nc(-c2cncnc2C2CCN(C(=O)CC3CCN(CC)CC3)C2)no1. The number of likely N-dealkylation sites (tertiary alicyclic amines) is 2. The second-order valence-electron chi connectivity index (χ2n) is 8.09. The largest absolute Gasteiger partial charge is 0.342 e. The van der Waals surface area contributed by atoms with Gasteiger partial charge in [0.15, 0.2) is 0 Å². The average Bonchev–Trinajstić information content (AvgIpc) is 3.44. The van der Waals surface area contributed by atoms with Crippen LogP contribution in [-0.2, 0) is 11.2 Å². The van der Waals surface area contributed by atoms with E-state index >= 15 is 0 Å². The van der Waals surface area contributed by atoms with Gasteiger partial charge in [0.05, 0.1) is 11.3 Å². The van der Waals surface area contributed by atoms with Crippen LogP contribution in [0.25, 0.3) is 11.4 Å². The maximum absolute atomic E-state index is 12.9. The van der Waals surface area contributed by atoms with Crippen molar-refractivity contribution in [3.63, 3.8) is 0 Å². The van der Waals surface area contributed by atoms with Gasteiger partial charge in [-0.3, -0.25) is 4.79 Å². The van der Waals surface area contributed by atoms with Gasteiger partial charge < -0.3 is 14.3 Å². The van der Waals surface area contributed by atoms with Gasteiger partial charge in [0, 0.05) is 38.0 Å². The molecule has 0 radical (unpaired) electrons. The number of amides is 1. The molecule has 0 bridgehead atoms. The summed E-state index contributed by atoms with van der Waals surface area (Å²) in [5.74, 6) is 2.12. The van der Waals surface area contributed by atoms with Crippen LogP contribution in [0.2, 0.25) is 0 Å². The molecule has 2 saturated heterocycles. The van der Waals surface area contributed by atoms with Gasteiger partial charge in [-0.1, -0.05) is 19.0 Å². The smallest absolute Gasteiger partial charge is 0.226 e. The zero-order valence-electron chi connectivity index (χ0n) is 17.4. The molecule has 29 heavy (non-hydrogen) atoms. The first-order valence-corrected chi connectivity index (χ1v) is 10.8. The molecule has 156 valence electrons. The Labute approximate surface area is 171 Å². The Hall–Kier alpha value is -2.35. The predicted molar refractivity (Wildman–Crippen MR) is 108 cm³/mol. The predicted octanol–water partition coefficient (Wildman–Crippen LogP) is 2.53. The molecule has 2 aliphatic rings. The molecule has 0 spiro atoms. The third-order valence-corrected chi connectivity index (χ3v) is 6.30. The number of piperidine rings is 1. The summed E-state index contributed by atoms with van der Waals surface area (Å²) in [4.78, 5) is 30.5. The molecular formula is C21H30N6O2. The van der Waals surface area contributed by atoms with Crippen molar-refractivity contribution in [2.45, 2.75) is 51.9 Å². The Balaban J connectivity index is 1.39. The van der Waals surface area contributed by atoms with Crippen LogP contribution in [0.3, 0.4) is 0 Å².